The number of phenols is 1. The monoisotopic (exact) mass is 376 g/mol. The van der Waals surface area contributed by atoms with E-state index >= 15 is 0 Å². The molecular weight excluding hydrogens is 359 g/mol. The Hall–Kier alpha value is -3.11. The van der Waals surface area contributed by atoms with Crippen molar-refractivity contribution in [3.8, 4) is 27.7 Å². The van der Waals surface area contributed by atoms with Gasteiger partial charge in [-0.1, -0.05) is 30.9 Å². The molecule has 0 aliphatic carbocycles. The highest BCUT2D eigenvalue weighted by Crippen LogP contribution is 2.47. The highest BCUT2D eigenvalue weighted by Gasteiger charge is 2.18. The van der Waals surface area contributed by atoms with Gasteiger partial charge in [0.1, 0.15) is 17.3 Å². The van der Waals surface area contributed by atoms with E-state index in [9.17, 15) is 9.50 Å². The van der Waals surface area contributed by atoms with Crippen molar-refractivity contribution in [1.29, 1.82) is 0 Å². The van der Waals surface area contributed by atoms with Gasteiger partial charge < -0.3 is 9.84 Å². The quantitative estimate of drug-likeness (QED) is 0.409. The van der Waals surface area contributed by atoms with Crippen molar-refractivity contribution in [2.45, 2.75) is 6.92 Å². The summed E-state index contributed by atoms with van der Waals surface area (Å²) in [4.78, 5) is 0.904. The number of fused-ring (bicyclic) bond motifs is 1. The van der Waals surface area contributed by atoms with Gasteiger partial charge in [-0.05, 0) is 66.1 Å². The number of aromatic hydroxyl groups is 1. The zero-order chi connectivity index (χ0) is 19.0. The predicted octanol–water partition coefficient (Wildman–Crippen LogP) is 7.16. The van der Waals surface area contributed by atoms with Crippen LogP contribution in [0.15, 0.2) is 67.2 Å². The second-order valence-electron chi connectivity index (χ2n) is 6.28. The number of rotatable bonds is 4. The minimum Gasteiger partial charge on any atom is -0.508 e. The van der Waals surface area contributed by atoms with Crippen LogP contribution in [0.25, 0.3) is 26.6 Å². The Morgan fingerprint density at radius 3 is 2.52 bits per heavy atom. The van der Waals surface area contributed by atoms with E-state index in [1.807, 2.05) is 37.3 Å². The summed E-state index contributed by atoms with van der Waals surface area (Å²) in [5, 5.41) is 10.8. The zero-order valence-corrected chi connectivity index (χ0v) is 15.5. The molecule has 0 saturated heterocycles. The predicted molar refractivity (Wildman–Crippen MR) is 110 cm³/mol. The summed E-state index contributed by atoms with van der Waals surface area (Å²) in [6.07, 6.45) is 1.78. The van der Waals surface area contributed by atoms with Crippen molar-refractivity contribution < 1.29 is 14.2 Å². The molecule has 134 valence electrons. The molecule has 4 rings (SSSR count). The van der Waals surface area contributed by atoms with E-state index in [4.69, 9.17) is 4.74 Å². The molecule has 0 atom stereocenters. The Morgan fingerprint density at radius 1 is 1.04 bits per heavy atom. The molecule has 1 heterocycles. The van der Waals surface area contributed by atoms with Crippen LogP contribution in [0.2, 0.25) is 0 Å². The first kappa shape index (κ1) is 17.3. The first-order chi connectivity index (χ1) is 13.0. The number of benzene rings is 3. The summed E-state index contributed by atoms with van der Waals surface area (Å²) in [6.45, 7) is 5.64. The maximum atomic E-state index is 13.6. The van der Waals surface area contributed by atoms with Crippen molar-refractivity contribution in [2.24, 2.45) is 0 Å². The molecule has 27 heavy (non-hydrogen) atoms. The van der Waals surface area contributed by atoms with Gasteiger partial charge in [0.15, 0.2) is 5.75 Å². The Morgan fingerprint density at radius 2 is 1.81 bits per heavy atom. The molecule has 0 aliphatic heterocycles. The highest BCUT2D eigenvalue weighted by molar-refractivity contribution is 7.22. The molecule has 0 bridgehead atoms. The van der Waals surface area contributed by atoms with Gasteiger partial charge in [-0.15, -0.1) is 11.3 Å². The lowest BCUT2D eigenvalue weighted by molar-refractivity contribution is 0.476. The van der Waals surface area contributed by atoms with Crippen LogP contribution in [0.3, 0.4) is 0 Å². The van der Waals surface area contributed by atoms with Gasteiger partial charge in [-0.2, -0.15) is 0 Å². The topological polar surface area (TPSA) is 29.5 Å². The summed E-state index contributed by atoms with van der Waals surface area (Å²) in [7, 11) is 0. The standard InChI is InChI=1S/C23H17FO2S/c1-3-15-4-8-18(9-5-15)26-22-20-11-7-17(25)13-21(20)27-23(22)19-10-6-16(24)12-14(19)2/h3-13,25H,1H2,2H3. The summed E-state index contributed by atoms with van der Waals surface area (Å²) in [5.74, 6) is 1.34. The van der Waals surface area contributed by atoms with E-state index in [0.717, 1.165) is 31.7 Å². The third-order valence-corrected chi connectivity index (χ3v) is 5.56. The molecule has 4 aromatic rings. The SMILES string of the molecule is C=Cc1ccc(Oc2c(-c3ccc(F)cc3C)sc3cc(O)ccc23)cc1. The largest absolute Gasteiger partial charge is 0.508 e. The van der Waals surface area contributed by atoms with Crippen LogP contribution in [-0.4, -0.2) is 5.11 Å². The smallest absolute Gasteiger partial charge is 0.153 e. The molecule has 0 aliphatic rings. The lowest BCUT2D eigenvalue weighted by atomic mass is 10.1. The fourth-order valence-corrected chi connectivity index (χ4v) is 4.27. The van der Waals surface area contributed by atoms with Crippen molar-refractivity contribution in [3.05, 3.63) is 84.2 Å². The Labute approximate surface area is 160 Å². The van der Waals surface area contributed by atoms with Gasteiger partial charge in [0.2, 0.25) is 0 Å². The first-order valence-corrected chi connectivity index (χ1v) is 9.29. The summed E-state index contributed by atoms with van der Waals surface area (Å²) in [6, 6.07) is 17.6. The normalized spacial score (nSPS) is 10.9. The van der Waals surface area contributed by atoms with Crippen LogP contribution >= 0.6 is 11.3 Å². The molecular formula is C23H17FO2S. The van der Waals surface area contributed by atoms with Crippen LogP contribution in [0.5, 0.6) is 17.2 Å². The molecule has 4 heteroatoms. The van der Waals surface area contributed by atoms with Gasteiger partial charge in [0, 0.05) is 10.1 Å². The summed E-state index contributed by atoms with van der Waals surface area (Å²) < 4.78 is 20.7. The second kappa shape index (κ2) is 6.89. The molecule has 0 unspecified atom stereocenters. The maximum absolute atomic E-state index is 13.6. The molecule has 0 saturated carbocycles. The highest BCUT2D eigenvalue weighted by atomic mass is 32.1. The van der Waals surface area contributed by atoms with Crippen LogP contribution in [0.4, 0.5) is 4.39 Å². The molecule has 0 spiro atoms. The van der Waals surface area contributed by atoms with Crippen LogP contribution in [0.1, 0.15) is 11.1 Å². The Bertz CT molecular complexity index is 1140. The third kappa shape index (κ3) is 3.32. The Kier molecular flexibility index (Phi) is 4.42. The second-order valence-corrected chi connectivity index (χ2v) is 7.33. The first-order valence-electron chi connectivity index (χ1n) is 8.47. The number of hydrogen-bond acceptors (Lipinski definition) is 3. The van der Waals surface area contributed by atoms with Crippen molar-refractivity contribution in [2.75, 3.05) is 0 Å². The minimum absolute atomic E-state index is 0.202. The van der Waals surface area contributed by atoms with E-state index in [2.05, 4.69) is 6.58 Å². The van der Waals surface area contributed by atoms with E-state index in [0.29, 0.717) is 11.5 Å². The molecule has 1 N–H and O–H groups in total. The average Bonchev–Trinajstić information content (AvgIpc) is 2.99. The molecule has 1 aromatic heterocycles. The molecule has 0 radical (unpaired) electrons. The summed E-state index contributed by atoms with van der Waals surface area (Å²) >= 11 is 1.51. The third-order valence-electron chi connectivity index (χ3n) is 4.40. The molecule has 0 amide bonds. The lowest BCUT2D eigenvalue weighted by Crippen LogP contribution is -1.88. The molecule has 0 fully saturated rings. The maximum Gasteiger partial charge on any atom is 0.153 e. The van der Waals surface area contributed by atoms with Crippen LogP contribution in [-0.2, 0) is 0 Å². The average molecular weight is 376 g/mol. The van der Waals surface area contributed by atoms with E-state index in [-0.39, 0.29) is 11.6 Å². The fourth-order valence-electron chi connectivity index (χ4n) is 3.01. The van der Waals surface area contributed by atoms with Crippen molar-refractivity contribution in [3.63, 3.8) is 0 Å². The van der Waals surface area contributed by atoms with Crippen LogP contribution in [0, 0.1) is 12.7 Å². The lowest BCUT2D eigenvalue weighted by Gasteiger charge is -2.10. The molecule has 3 aromatic carbocycles. The van der Waals surface area contributed by atoms with E-state index in [1.54, 1.807) is 24.3 Å². The number of hydrogen-bond donors (Lipinski definition) is 1. The van der Waals surface area contributed by atoms with Crippen molar-refractivity contribution in [1.82, 2.24) is 0 Å². The van der Waals surface area contributed by atoms with Gasteiger partial charge >= 0.3 is 0 Å². The van der Waals surface area contributed by atoms with E-state index in [1.165, 1.54) is 23.5 Å². The fraction of sp³-hybridized carbons (Fsp3) is 0.0435. The number of halogens is 1. The minimum atomic E-state index is -0.266. The Balaban J connectivity index is 1.89. The number of aryl methyl sites for hydroxylation is 1. The van der Waals surface area contributed by atoms with Gasteiger partial charge in [0.25, 0.3) is 0 Å². The molecule has 2 nitrogen and oxygen atoms in total. The van der Waals surface area contributed by atoms with Gasteiger partial charge in [-0.3, -0.25) is 0 Å². The zero-order valence-electron chi connectivity index (χ0n) is 14.7. The van der Waals surface area contributed by atoms with Gasteiger partial charge in [-0.25, -0.2) is 4.39 Å². The number of phenolic OH excluding ortho intramolecular Hbond substituents is 1. The number of ether oxygens (including phenoxy) is 1. The van der Waals surface area contributed by atoms with Crippen LogP contribution < -0.4 is 4.74 Å². The van der Waals surface area contributed by atoms with Crippen molar-refractivity contribution >= 4 is 27.5 Å². The van der Waals surface area contributed by atoms with Gasteiger partial charge in [0.05, 0.1) is 4.88 Å². The van der Waals surface area contributed by atoms with E-state index < -0.39 is 0 Å². The number of thiophene rings is 1. The summed E-state index contributed by atoms with van der Waals surface area (Å²) in [5.41, 5.74) is 2.75.